The molecule has 0 fully saturated rings. The van der Waals surface area contributed by atoms with Crippen LogP contribution < -0.4 is 10.1 Å². The molecule has 3 aromatic carbocycles. The van der Waals surface area contributed by atoms with Gasteiger partial charge in [-0.1, -0.05) is 47.1 Å². The molecule has 0 radical (unpaired) electrons. The van der Waals surface area contributed by atoms with Crippen molar-refractivity contribution in [3.63, 3.8) is 0 Å². The van der Waals surface area contributed by atoms with E-state index in [9.17, 15) is 14.4 Å². The number of hydrogen-bond acceptors (Lipinski definition) is 9. The van der Waals surface area contributed by atoms with Crippen molar-refractivity contribution in [2.45, 2.75) is 58.4 Å². The molecule has 242 valence electrons. The van der Waals surface area contributed by atoms with Crippen molar-refractivity contribution in [1.29, 1.82) is 0 Å². The maximum Gasteiger partial charge on any atom is 0.350 e. The van der Waals surface area contributed by atoms with Gasteiger partial charge in [0.05, 0.1) is 11.9 Å². The van der Waals surface area contributed by atoms with Crippen molar-refractivity contribution in [2.24, 2.45) is 0 Å². The summed E-state index contributed by atoms with van der Waals surface area (Å²) in [6.45, 7) is 10.9. The van der Waals surface area contributed by atoms with Crippen molar-refractivity contribution in [1.82, 2.24) is 9.97 Å². The van der Waals surface area contributed by atoms with E-state index in [1.165, 1.54) is 5.56 Å². The highest BCUT2D eigenvalue weighted by atomic mass is 35.5. The molecule has 9 nitrogen and oxygen atoms in total. The molecule has 0 amide bonds. The number of rotatable bonds is 11. The van der Waals surface area contributed by atoms with Gasteiger partial charge in [-0.05, 0) is 107 Å². The summed E-state index contributed by atoms with van der Waals surface area (Å²) in [6.07, 6.45) is -0.213. The topological polar surface area (TPSA) is 128 Å². The van der Waals surface area contributed by atoms with E-state index in [4.69, 9.17) is 37.8 Å². The second-order valence-corrected chi connectivity index (χ2v) is 12.6. The predicted molar refractivity (Wildman–Crippen MR) is 182 cm³/mol. The lowest BCUT2D eigenvalue weighted by Gasteiger charge is -2.25. The fraction of sp³-hybridized carbons (Fsp3) is 0.265. The summed E-state index contributed by atoms with van der Waals surface area (Å²) < 4.78 is 10.9. The Labute approximate surface area is 282 Å². The third kappa shape index (κ3) is 11.0. The number of thioether (sulfide) groups is 1. The van der Waals surface area contributed by atoms with Gasteiger partial charge < -0.3 is 19.9 Å². The highest BCUT2D eigenvalue weighted by molar-refractivity contribution is 7.99. The van der Waals surface area contributed by atoms with Gasteiger partial charge in [0.1, 0.15) is 16.7 Å². The first-order chi connectivity index (χ1) is 21.6. The van der Waals surface area contributed by atoms with Gasteiger partial charge in [-0.15, -0.1) is 0 Å². The number of benzene rings is 3. The molecule has 2 N–H and O–H groups in total. The fourth-order valence-corrected chi connectivity index (χ4v) is 4.75. The number of carbonyl (C=O) groups excluding carboxylic acids is 2. The Morgan fingerprint density at radius 3 is 2.13 bits per heavy atom. The number of halogens is 2. The Hall–Kier alpha value is -4.12. The van der Waals surface area contributed by atoms with Crippen LogP contribution in [0.15, 0.2) is 78.0 Å². The number of ketones is 1. The average molecular weight is 685 g/mol. The molecule has 0 saturated heterocycles. The second kappa shape index (κ2) is 16.4. The molecule has 0 unspecified atom stereocenters. The molecular weight excluding hydrogens is 649 g/mol. The third-order valence-corrected chi connectivity index (χ3v) is 7.57. The summed E-state index contributed by atoms with van der Waals surface area (Å²) in [5.74, 6) is -0.559. The summed E-state index contributed by atoms with van der Waals surface area (Å²) in [5, 5.41) is 13.1. The van der Waals surface area contributed by atoms with E-state index in [0.717, 1.165) is 23.0 Å². The van der Waals surface area contributed by atoms with Gasteiger partial charge in [0.25, 0.3) is 0 Å². The Morgan fingerprint density at radius 2 is 1.54 bits per heavy atom. The molecule has 4 rings (SSSR count). The smallest absolute Gasteiger partial charge is 0.350 e. The highest BCUT2D eigenvalue weighted by Gasteiger charge is 2.32. The van der Waals surface area contributed by atoms with E-state index >= 15 is 0 Å². The molecule has 46 heavy (non-hydrogen) atoms. The number of hydrogen-bond donors (Lipinski definition) is 2. The summed E-state index contributed by atoms with van der Waals surface area (Å²) in [7, 11) is 0. The Bertz CT molecular complexity index is 1680. The number of esters is 1. The molecule has 0 aliphatic rings. The van der Waals surface area contributed by atoms with Crippen LogP contribution in [0, 0.1) is 13.8 Å². The number of carbonyl (C=O) groups is 3. The van der Waals surface area contributed by atoms with Crippen LogP contribution in [0.3, 0.4) is 0 Å². The van der Waals surface area contributed by atoms with Crippen LogP contribution in [-0.2, 0) is 14.3 Å². The van der Waals surface area contributed by atoms with E-state index in [2.05, 4.69) is 15.3 Å². The number of aliphatic carboxylic acids is 1. The van der Waals surface area contributed by atoms with Crippen molar-refractivity contribution in [2.75, 3.05) is 11.1 Å². The standard InChI is InChI=1S/C20H21ClO4.C14H14ClN3O2S/c1-13(2)24-19(23)20(3,4)25-17-11-7-15(8-12-17)18(22)14-5-9-16(21)10-6-14;1-8-4-3-5-10(9(8)2)16-12-6-11(15)17-14(18-12)21-7-13(19)20/h5-13H,1-4H3;3-6H,7H2,1-2H3,(H,19,20)(H,16,17,18). The number of aryl methyl sites for hydroxylation is 1. The van der Waals surface area contributed by atoms with Crippen LogP contribution in [-0.4, -0.2) is 50.3 Å². The van der Waals surface area contributed by atoms with E-state index in [-0.39, 0.29) is 22.8 Å². The molecule has 0 bridgehead atoms. The van der Waals surface area contributed by atoms with Crippen LogP contribution >= 0.6 is 35.0 Å². The summed E-state index contributed by atoms with van der Waals surface area (Å²) in [5.41, 5.74) is 3.18. The molecule has 1 heterocycles. The average Bonchev–Trinajstić information content (AvgIpc) is 2.98. The minimum Gasteiger partial charge on any atom is -0.481 e. The SMILES string of the molecule is CC(C)OC(=O)C(C)(C)Oc1ccc(C(=O)c2ccc(Cl)cc2)cc1.Cc1cccc(Nc2cc(Cl)nc(SCC(=O)O)n2)c1C. The number of ether oxygens (including phenoxy) is 2. The van der Waals surface area contributed by atoms with E-state index in [0.29, 0.717) is 32.9 Å². The van der Waals surface area contributed by atoms with E-state index < -0.39 is 17.5 Å². The van der Waals surface area contributed by atoms with Gasteiger partial charge in [0.2, 0.25) is 0 Å². The van der Waals surface area contributed by atoms with Crippen LogP contribution in [0.4, 0.5) is 11.5 Å². The number of nitrogens with one attached hydrogen (secondary N) is 1. The Balaban J connectivity index is 0.000000254. The molecule has 4 aromatic rings. The number of carboxylic acids is 1. The van der Waals surface area contributed by atoms with Gasteiger partial charge >= 0.3 is 11.9 Å². The zero-order valence-electron chi connectivity index (χ0n) is 26.3. The molecule has 0 aliphatic heterocycles. The zero-order valence-corrected chi connectivity index (χ0v) is 28.6. The quantitative estimate of drug-likeness (QED) is 0.0523. The van der Waals surface area contributed by atoms with Crippen LogP contribution in [0.2, 0.25) is 10.2 Å². The minimum absolute atomic E-state index is 0.108. The molecule has 0 aliphatic carbocycles. The highest BCUT2D eigenvalue weighted by Crippen LogP contribution is 2.26. The van der Waals surface area contributed by atoms with Crippen LogP contribution in [0.5, 0.6) is 5.75 Å². The largest absolute Gasteiger partial charge is 0.481 e. The lowest BCUT2D eigenvalue weighted by atomic mass is 10.0. The second-order valence-electron chi connectivity index (χ2n) is 10.8. The molecule has 0 spiro atoms. The number of nitrogens with zero attached hydrogens (tertiary/aromatic N) is 2. The summed E-state index contributed by atoms with van der Waals surface area (Å²) in [6, 6.07) is 20.9. The first-order valence-electron chi connectivity index (χ1n) is 14.2. The maximum atomic E-state index is 12.4. The molecule has 1 aromatic heterocycles. The van der Waals surface area contributed by atoms with Crippen LogP contribution in [0.25, 0.3) is 0 Å². The Kier molecular flexibility index (Phi) is 13.0. The molecule has 0 saturated carbocycles. The number of aromatic nitrogens is 2. The zero-order chi connectivity index (χ0) is 34.0. The van der Waals surface area contributed by atoms with Gasteiger partial charge in [-0.25, -0.2) is 14.8 Å². The van der Waals surface area contributed by atoms with Gasteiger partial charge in [0, 0.05) is 27.9 Å². The summed E-state index contributed by atoms with van der Waals surface area (Å²) in [4.78, 5) is 43.3. The third-order valence-electron chi connectivity index (χ3n) is 6.30. The monoisotopic (exact) mass is 683 g/mol. The van der Waals surface area contributed by atoms with E-state index in [1.54, 1.807) is 82.3 Å². The van der Waals surface area contributed by atoms with Gasteiger partial charge in [-0.3, -0.25) is 9.59 Å². The number of carboxylic acid groups (broad SMARTS) is 1. The molecular formula is C34H35Cl2N3O6S. The lowest BCUT2D eigenvalue weighted by Crippen LogP contribution is -2.40. The first kappa shape index (κ1) is 36.3. The maximum absolute atomic E-state index is 12.4. The van der Waals surface area contributed by atoms with Crippen molar-refractivity contribution < 1.29 is 29.0 Å². The minimum atomic E-state index is -1.12. The van der Waals surface area contributed by atoms with Crippen molar-refractivity contribution in [3.05, 3.63) is 105 Å². The van der Waals surface area contributed by atoms with Gasteiger partial charge in [-0.2, -0.15) is 0 Å². The number of anilines is 2. The molecule has 0 atom stereocenters. The normalized spacial score (nSPS) is 10.9. The lowest BCUT2D eigenvalue weighted by molar-refractivity contribution is -0.163. The summed E-state index contributed by atoms with van der Waals surface area (Å²) >= 11 is 12.8. The molecule has 12 heteroatoms. The van der Waals surface area contributed by atoms with Crippen LogP contribution in [0.1, 0.15) is 54.7 Å². The first-order valence-corrected chi connectivity index (χ1v) is 15.9. The van der Waals surface area contributed by atoms with Gasteiger partial charge in [0.15, 0.2) is 16.5 Å². The van der Waals surface area contributed by atoms with E-state index in [1.807, 2.05) is 32.0 Å². The predicted octanol–water partition coefficient (Wildman–Crippen LogP) is 8.35. The fourth-order valence-electron chi connectivity index (χ4n) is 3.81. The van der Waals surface area contributed by atoms with Crippen molar-refractivity contribution >= 4 is 64.2 Å². The Morgan fingerprint density at radius 1 is 0.935 bits per heavy atom. The van der Waals surface area contributed by atoms with Crippen molar-refractivity contribution in [3.8, 4) is 5.75 Å².